The van der Waals surface area contributed by atoms with Crippen LogP contribution in [0.4, 0.5) is 4.39 Å². The number of hydrogen-bond donors (Lipinski definition) is 2. The summed E-state index contributed by atoms with van der Waals surface area (Å²) in [7, 11) is 0. The predicted molar refractivity (Wildman–Crippen MR) is 122 cm³/mol. The van der Waals surface area contributed by atoms with Crippen LogP contribution in [0.3, 0.4) is 0 Å². The summed E-state index contributed by atoms with van der Waals surface area (Å²) in [5.74, 6) is -0.830. The van der Waals surface area contributed by atoms with Crippen molar-refractivity contribution >= 4 is 40.6 Å². The monoisotopic (exact) mass is 453 g/mol. The Kier molecular flexibility index (Phi) is 5.97. The number of amides is 1. The van der Waals surface area contributed by atoms with Crippen LogP contribution < -0.4 is 10.9 Å². The Balaban J connectivity index is 1.61. The minimum Gasteiger partial charge on any atom is -0.352 e. The molecule has 1 heterocycles. The van der Waals surface area contributed by atoms with Crippen LogP contribution >= 0.6 is 23.8 Å². The molecule has 0 spiro atoms. The van der Waals surface area contributed by atoms with Crippen molar-refractivity contribution in [3.63, 3.8) is 0 Å². The smallest absolute Gasteiger partial charge is 0.266 e. The van der Waals surface area contributed by atoms with Crippen molar-refractivity contribution in [1.29, 1.82) is 0 Å². The Hall–Kier alpha value is -3.29. The molecule has 0 fully saturated rings. The van der Waals surface area contributed by atoms with Gasteiger partial charge in [-0.2, -0.15) is 0 Å². The molecule has 4 rings (SSSR count). The molecular weight excluding hydrogens is 437 g/mol. The summed E-state index contributed by atoms with van der Waals surface area (Å²) in [4.78, 5) is 28.5. The molecule has 2 N–H and O–H groups in total. The first-order chi connectivity index (χ1) is 14.9. The van der Waals surface area contributed by atoms with Crippen molar-refractivity contribution in [1.82, 2.24) is 14.9 Å². The normalized spacial score (nSPS) is 10.9. The molecule has 5 nitrogen and oxygen atoms in total. The van der Waals surface area contributed by atoms with Gasteiger partial charge in [-0.1, -0.05) is 41.9 Å². The number of nitrogens with one attached hydrogen (secondary N) is 2. The molecule has 0 aliphatic rings. The van der Waals surface area contributed by atoms with E-state index in [4.69, 9.17) is 23.8 Å². The van der Waals surface area contributed by atoms with E-state index in [2.05, 4.69) is 10.3 Å². The zero-order valence-corrected chi connectivity index (χ0v) is 17.8. The van der Waals surface area contributed by atoms with Crippen LogP contribution in [0.25, 0.3) is 16.6 Å². The lowest BCUT2D eigenvalue weighted by atomic mass is 10.1. The van der Waals surface area contributed by atoms with E-state index in [0.717, 1.165) is 5.56 Å². The molecule has 0 saturated carbocycles. The Morgan fingerprint density at radius 2 is 1.87 bits per heavy atom. The van der Waals surface area contributed by atoms with Crippen molar-refractivity contribution in [2.45, 2.75) is 6.42 Å². The quantitative estimate of drug-likeness (QED) is 0.426. The van der Waals surface area contributed by atoms with E-state index in [1.807, 2.05) is 30.3 Å². The van der Waals surface area contributed by atoms with E-state index in [1.165, 1.54) is 22.8 Å². The summed E-state index contributed by atoms with van der Waals surface area (Å²) in [6.07, 6.45) is 0.716. The average molecular weight is 454 g/mol. The summed E-state index contributed by atoms with van der Waals surface area (Å²) < 4.78 is 14.8. The number of hydrogen-bond acceptors (Lipinski definition) is 3. The molecule has 8 heteroatoms. The van der Waals surface area contributed by atoms with Crippen LogP contribution in [0, 0.1) is 10.6 Å². The molecule has 0 radical (unpaired) electrons. The molecule has 0 bridgehead atoms. The third-order valence-electron chi connectivity index (χ3n) is 4.86. The third-order valence-corrected chi connectivity index (χ3v) is 5.44. The topological polar surface area (TPSA) is 66.9 Å². The van der Waals surface area contributed by atoms with Crippen molar-refractivity contribution in [2.24, 2.45) is 0 Å². The van der Waals surface area contributed by atoms with Crippen LogP contribution in [-0.2, 0) is 6.42 Å². The van der Waals surface area contributed by atoms with Crippen molar-refractivity contribution in [3.8, 4) is 5.69 Å². The van der Waals surface area contributed by atoms with Gasteiger partial charge in [0.05, 0.1) is 21.6 Å². The van der Waals surface area contributed by atoms with Gasteiger partial charge in [0.2, 0.25) is 0 Å². The second-order valence-electron chi connectivity index (χ2n) is 6.92. The molecule has 156 valence electrons. The highest BCUT2D eigenvalue weighted by Gasteiger charge is 2.12. The maximum absolute atomic E-state index is 13.5. The van der Waals surface area contributed by atoms with E-state index >= 15 is 0 Å². The van der Waals surface area contributed by atoms with Crippen LogP contribution in [0.2, 0.25) is 5.02 Å². The van der Waals surface area contributed by atoms with Gasteiger partial charge >= 0.3 is 0 Å². The minimum atomic E-state index is -0.586. The first-order valence-electron chi connectivity index (χ1n) is 9.51. The molecule has 0 atom stereocenters. The first-order valence-corrected chi connectivity index (χ1v) is 10.3. The van der Waals surface area contributed by atoms with Gasteiger partial charge in [-0.3, -0.25) is 14.2 Å². The third kappa shape index (κ3) is 4.42. The standard InChI is InChI=1S/C23H17ClFN3O2S/c24-18-13-16(7-9-19(18)25)28-22(30)17-8-6-15(12-20(17)27-23(28)31)21(29)26-11-10-14-4-2-1-3-5-14/h1-9,12-13H,10-11H2,(H,26,29)(H,27,31). The van der Waals surface area contributed by atoms with Gasteiger partial charge in [0.25, 0.3) is 11.5 Å². The number of carbonyl (C=O) groups excluding carboxylic acids is 1. The molecule has 31 heavy (non-hydrogen) atoms. The Labute approximate surface area is 187 Å². The predicted octanol–water partition coefficient (Wildman–Crippen LogP) is 4.81. The van der Waals surface area contributed by atoms with Crippen molar-refractivity contribution in [2.75, 3.05) is 6.54 Å². The zero-order chi connectivity index (χ0) is 22.0. The lowest BCUT2D eigenvalue weighted by Gasteiger charge is -2.10. The fourth-order valence-electron chi connectivity index (χ4n) is 3.28. The fraction of sp³-hybridized carbons (Fsp3) is 0.0870. The van der Waals surface area contributed by atoms with Gasteiger partial charge in [0.15, 0.2) is 4.77 Å². The largest absolute Gasteiger partial charge is 0.352 e. The highest BCUT2D eigenvalue weighted by atomic mass is 35.5. The van der Waals surface area contributed by atoms with Crippen LogP contribution in [0.15, 0.2) is 71.5 Å². The second-order valence-corrected chi connectivity index (χ2v) is 7.71. The first kappa shape index (κ1) is 21.0. The molecule has 1 aromatic heterocycles. The molecule has 0 saturated heterocycles. The maximum Gasteiger partial charge on any atom is 0.266 e. The summed E-state index contributed by atoms with van der Waals surface area (Å²) in [5, 5.41) is 3.11. The number of H-pyrrole nitrogens is 1. The maximum atomic E-state index is 13.5. The molecular formula is C23H17ClFN3O2S. The molecule has 0 aliphatic carbocycles. The van der Waals surface area contributed by atoms with Gasteiger partial charge in [0.1, 0.15) is 5.82 Å². The fourth-order valence-corrected chi connectivity index (χ4v) is 3.76. The summed E-state index contributed by atoms with van der Waals surface area (Å²) in [5.41, 5.74) is 1.94. The molecule has 3 aromatic carbocycles. The number of fused-ring (bicyclic) bond motifs is 1. The number of rotatable bonds is 5. The minimum absolute atomic E-state index is 0.110. The van der Waals surface area contributed by atoms with E-state index in [0.29, 0.717) is 35.1 Å². The van der Waals surface area contributed by atoms with Gasteiger partial charge in [0, 0.05) is 12.1 Å². The van der Waals surface area contributed by atoms with Gasteiger partial charge in [-0.25, -0.2) is 4.39 Å². The highest BCUT2D eigenvalue weighted by Crippen LogP contribution is 2.19. The lowest BCUT2D eigenvalue weighted by Crippen LogP contribution is -2.26. The Morgan fingerprint density at radius 3 is 2.61 bits per heavy atom. The Morgan fingerprint density at radius 1 is 1.10 bits per heavy atom. The molecule has 1 amide bonds. The van der Waals surface area contributed by atoms with E-state index in [9.17, 15) is 14.0 Å². The molecule has 0 aliphatic heterocycles. The van der Waals surface area contributed by atoms with Crippen LogP contribution in [-0.4, -0.2) is 22.0 Å². The number of nitrogens with zero attached hydrogens (tertiary/aromatic N) is 1. The number of benzene rings is 3. The SMILES string of the molecule is O=C(NCCc1ccccc1)c1ccc2c(=O)n(-c3ccc(F)c(Cl)c3)c(=S)[nH]c2c1. The summed E-state index contributed by atoms with van der Waals surface area (Å²) in [6.45, 7) is 0.490. The zero-order valence-electron chi connectivity index (χ0n) is 16.2. The lowest BCUT2D eigenvalue weighted by molar-refractivity contribution is 0.0954. The van der Waals surface area contributed by atoms with E-state index < -0.39 is 11.4 Å². The number of halogens is 2. The molecule has 4 aromatic rings. The summed E-state index contributed by atoms with van der Waals surface area (Å²) in [6, 6.07) is 18.5. The molecule has 0 unspecified atom stereocenters. The number of aromatic amines is 1. The average Bonchev–Trinajstić information content (AvgIpc) is 2.76. The van der Waals surface area contributed by atoms with Gasteiger partial charge < -0.3 is 10.3 Å². The van der Waals surface area contributed by atoms with Crippen LogP contribution in [0.1, 0.15) is 15.9 Å². The number of carbonyl (C=O) groups is 1. The van der Waals surface area contributed by atoms with Gasteiger partial charge in [-0.05, 0) is 60.6 Å². The van der Waals surface area contributed by atoms with Crippen molar-refractivity contribution < 1.29 is 9.18 Å². The van der Waals surface area contributed by atoms with E-state index in [-0.39, 0.29) is 15.7 Å². The highest BCUT2D eigenvalue weighted by molar-refractivity contribution is 7.71. The van der Waals surface area contributed by atoms with E-state index in [1.54, 1.807) is 18.2 Å². The Bertz CT molecular complexity index is 1400. The summed E-state index contributed by atoms with van der Waals surface area (Å²) >= 11 is 11.2. The van der Waals surface area contributed by atoms with Gasteiger partial charge in [-0.15, -0.1) is 0 Å². The van der Waals surface area contributed by atoms with Crippen molar-refractivity contribution in [3.05, 3.63) is 104 Å². The second kappa shape index (κ2) is 8.83. The van der Waals surface area contributed by atoms with Crippen LogP contribution in [0.5, 0.6) is 0 Å². The number of aromatic nitrogens is 2.